The number of carbonyl (C=O) groups is 1. The molecule has 2 atom stereocenters. The Morgan fingerprint density at radius 1 is 1.72 bits per heavy atom. The van der Waals surface area contributed by atoms with Crippen LogP contribution in [0.5, 0.6) is 0 Å². The predicted molar refractivity (Wildman–Crippen MR) is 76.0 cm³/mol. The van der Waals surface area contributed by atoms with Crippen molar-refractivity contribution in [3.8, 4) is 0 Å². The fourth-order valence-corrected chi connectivity index (χ4v) is 3.69. The van der Waals surface area contributed by atoms with Crippen LogP contribution in [-0.4, -0.2) is 30.1 Å². The van der Waals surface area contributed by atoms with Gasteiger partial charge in [0.2, 0.25) is 0 Å². The highest BCUT2D eigenvalue weighted by Crippen LogP contribution is 2.31. The van der Waals surface area contributed by atoms with Crippen LogP contribution in [0.2, 0.25) is 0 Å². The highest BCUT2D eigenvalue weighted by molar-refractivity contribution is 9.10. The second kappa shape index (κ2) is 6.02. The molecule has 1 saturated heterocycles. The highest BCUT2D eigenvalue weighted by atomic mass is 79.9. The number of hydrogen-bond donors (Lipinski definition) is 0. The molecular weight excluding hydrogens is 316 g/mol. The Balaban J connectivity index is 1.98. The number of hydrogen-bond acceptors (Lipinski definition) is 5. The summed E-state index contributed by atoms with van der Waals surface area (Å²) in [4.78, 5) is 18.4. The molecule has 0 N–H and O–H groups in total. The third kappa shape index (κ3) is 3.03. The van der Waals surface area contributed by atoms with E-state index in [0.29, 0.717) is 12.6 Å². The van der Waals surface area contributed by atoms with E-state index in [1.54, 1.807) is 11.3 Å². The monoisotopic (exact) mass is 332 g/mol. The number of aromatic nitrogens is 1. The summed E-state index contributed by atoms with van der Waals surface area (Å²) in [6, 6.07) is 0.325. The lowest BCUT2D eigenvalue weighted by Crippen LogP contribution is -2.43. The minimum atomic E-state index is -0.0516. The Bertz CT molecular complexity index is 424. The number of nitrogens with zero attached hydrogens (tertiary/aromatic N) is 2. The molecule has 2 heterocycles. The molecule has 0 bridgehead atoms. The molecule has 0 amide bonds. The van der Waals surface area contributed by atoms with Crippen LogP contribution in [0, 0.1) is 5.92 Å². The topological polar surface area (TPSA) is 42.4 Å². The van der Waals surface area contributed by atoms with E-state index in [4.69, 9.17) is 4.74 Å². The number of piperidine rings is 1. The van der Waals surface area contributed by atoms with Crippen LogP contribution in [0.1, 0.15) is 26.7 Å². The molecule has 0 radical (unpaired) electrons. The van der Waals surface area contributed by atoms with Crippen molar-refractivity contribution in [1.29, 1.82) is 0 Å². The van der Waals surface area contributed by atoms with Crippen LogP contribution < -0.4 is 4.90 Å². The number of esters is 1. The number of ether oxygens (including phenoxy) is 1. The Morgan fingerprint density at radius 3 is 3.06 bits per heavy atom. The van der Waals surface area contributed by atoms with Crippen LogP contribution in [0.4, 0.5) is 5.13 Å². The van der Waals surface area contributed by atoms with Gasteiger partial charge in [-0.25, -0.2) is 4.98 Å². The Labute approximate surface area is 119 Å². The molecule has 0 aromatic carbocycles. The summed E-state index contributed by atoms with van der Waals surface area (Å²) >= 11 is 5.00. The maximum atomic E-state index is 11.7. The third-order valence-electron chi connectivity index (χ3n) is 3.21. The summed E-state index contributed by atoms with van der Waals surface area (Å²) in [5.41, 5.74) is 0. The van der Waals surface area contributed by atoms with Crippen molar-refractivity contribution in [3.05, 3.63) is 9.98 Å². The van der Waals surface area contributed by atoms with Crippen molar-refractivity contribution in [2.24, 2.45) is 5.92 Å². The average Bonchev–Trinajstić information content (AvgIpc) is 2.76. The van der Waals surface area contributed by atoms with E-state index in [1.807, 2.05) is 12.3 Å². The zero-order valence-electron chi connectivity index (χ0n) is 10.6. The van der Waals surface area contributed by atoms with Crippen LogP contribution in [0.3, 0.4) is 0 Å². The summed E-state index contributed by atoms with van der Waals surface area (Å²) in [5.74, 6) is -0.0103. The molecule has 0 unspecified atom stereocenters. The van der Waals surface area contributed by atoms with Crippen molar-refractivity contribution in [1.82, 2.24) is 4.98 Å². The SMILES string of the molecule is CCOC(=O)[C@H]1CCN(c2nc(Br)cs2)[C@H](C)C1. The van der Waals surface area contributed by atoms with Crippen molar-refractivity contribution < 1.29 is 9.53 Å². The van der Waals surface area contributed by atoms with E-state index in [0.717, 1.165) is 29.1 Å². The van der Waals surface area contributed by atoms with Gasteiger partial charge in [0, 0.05) is 18.0 Å². The summed E-state index contributed by atoms with van der Waals surface area (Å²) in [6.07, 6.45) is 1.69. The van der Waals surface area contributed by atoms with E-state index in [-0.39, 0.29) is 11.9 Å². The first-order valence-electron chi connectivity index (χ1n) is 6.16. The first-order valence-corrected chi connectivity index (χ1v) is 7.83. The minimum absolute atomic E-state index is 0.0413. The van der Waals surface area contributed by atoms with E-state index in [9.17, 15) is 4.79 Å². The van der Waals surface area contributed by atoms with Gasteiger partial charge in [-0.1, -0.05) is 0 Å². The van der Waals surface area contributed by atoms with Gasteiger partial charge < -0.3 is 9.64 Å². The zero-order valence-corrected chi connectivity index (χ0v) is 13.0. The first-order chi connectivity index (χ1) is 8.61. The van der Waals surface area contributed by atoms with Crippen LogP contribution in [0.15, 0.2) is 9.98 Å². The first kappa shape index (κ1) is 13.8. The highest BCUT2D eigenvalue weighted by Gasteiger charge is 2.31. The summed E-state index contributed by atoms with van der Waals surface area (Å²) in [5, 5.41) is 3.01. The van der Waals surface area contributed by atoms with Crippen LogP contribution in [0.25, 0.3) is 0 Å². The molecule has 1 aromatic heterocycles. The van der Waals surface area contributed by atoms with Crippen molar-refractivity contribution in [2.45, 2.75) is 32.7 Å². The van der Waals surface area contributed by atoms with E-state index < -0.39 is 0 Å². The number of thiazole rings is 1. The largest absolute Gasteiger partial charge is 0.466 e. The quantitative estimate of drug-likeness (QED) is 0.798. The maximum absolute atomic E-state index is 11.7. The number of halogens is 1. The molecule has 4 nitrogen and oxygen atoms in total. The van der Waals surface area contributed by atoms with Gasteiger partial charge in [0.15, 0.2) is 5.13 Å². The van der Waals surface area contributed by atoms with E-state index in [1.165, 1.54) is 0 Å². The lowest BCUT2D eigenvalue weighted by Gasteiger charge is -2.36. The third-order valence-corrected chi connectivity index (χ3v) is 4.79. The van der Waals surface area contributed by atoms with E-state index in [2.05, 4.69) is 32.7 Å². The molecule has 0 aliphatic carbocycles. The average molecular weight is 333 g/mol. The molecular formula is C12H17BrN2O2S. The normalized spacial score (nSPS) is 24.1. The molecule has 1 fully saturated rings. The Morgan fingerprint density at radius 2 is 2.50 bits per heavy atom. The second-order valence-electron chi connectivity index (χ2n) is 4.47. The number of anilines is 1. The predicted octanol–water partition coefficient (Wildman–Crippen LogP) is 3.07. The van der Waals surface area contributed by atoms with Gasteiger partial charge in [-0.05, 0) is 42.6 Å². The van der Waals surface area contributed by atoms with Gasteiger partial charge in [-0.2, -0.15) is 0 Å². The van der Waals surface area contributed by atoms with Crippen molar-refractivity contribution >= 4 is 38.4 Å². The van der Waals surface area contributed by atoms with Crippen molar-refractivity contribution in [3.63, 3.8) is 0 Å². The second-order valence-corrected chi connectivity index (χ2v) is 6.12. The molecule has 2 rings (SSSR count). The van der Waals surface area contributed by atoms with Gasteiger partial charge >= 0.3 is 5.97 Å². The minimum Gasteiger partial charge on any atom is -0.466 e. The lowest BCUT2D eigenvalue weighted by atomic mass is 9.92. The smallest absolute Gasteiger partial charge is 0.309 e. The Hall–Kier alpha value is -0.620. The standard InChI is InChI=1S/C12H17BrN2O2S/c1-3-17-11(16)9-4-5-15(8(2)6-9)12-14-10(13)7-18-12/h7-9H,3-6H2,1-2H3/t8-,9+/m1/s1. The maximum Gasteiger partial charge on any atom is 0.309 e. The molecule has 18 heavy (non-hydrogen) atoms. The van der Waals surface area contributed by atoms with Crippen LogP contribution in [-0.2, 0) is 9.53 Å². The summed E-state index contributed by atoms with van der Waals surface area (Å²) in [6.45, 7) is 5.32. The molecule has 1 aliphatic heterocycles. The number of carbonyl (C=O) groups excluding carboxylic acids is 1. The van der Waals surface area contributed by atoms with E-state index >= 15 is 0 Å². The van der Waals surface area contributed by atoms with Gasteiger partial charge in [0.05, 0.1) is 12.5 Å². The fraction of sp³-hybridized carbons (Fsp3) is 0.667. The molecule has 100 valence electrons. The summed E-state index contributed by atoms with van der Waals surface area (Å²) < 4.78 is 5.97. The summed E-state index contributed by atoms with van der Waals surface area (Å²) in [7, 11) is 0. The molecule has 1 aromatic rings. The molecule has 0 spiro atoms. The van der Waals surface area contributed by atoms with Crippen LogP contribution >= 0.6 is 27.3 Å². The van der Waals surface area contributed by atoms with Gasteiger partial charge in [-0.3, -0.25) is 4.79 Å². The fourth-order valence-electron chi connectivity index (χ4n) is 2.31. The molecule has 1 aliphatic rings. The number of rotatable bonds is 3. The molecule has 6 heteroatoms. The molecule has 0 saturated carbocycles. The van der Waals surface area contributed by atoms with Gasteiger partial charge in [0.25, 0.3) is 0 Å². The van der Waals surface area contributed by atoms with Gasteiger partial charge in [-0.15, -0.1) is 11.3 Å². The lowest BCUT2D eigenvalue weighted by molar-refractivity contribution is -0.149. The van der Waals surface area contributed by atoms with Crippen molar-refractivity contribution in [2.75, 3.05) is 18.1 Å². The van der Waals surface area contributed by atoms with Gasteiger partial charge in [0.1, 0.15) is 4.60 Å². The zero-order chi connectivity index (χ0) is 13.1. The Kier molecular flexibility index (Phi) is 4.61.